The Kier molecular flexibility index (Phi) is 8.85. The van der Waals surface area contributed by atoms with Crippen LogP contribution in [0.25, 0.3) is 38.6 Å². The number of aromatic nitrogens is 1. The molecule has 0 spiro atoms. The fraction of sp³-hybridized carbons (Fsp3) is 0.294. The maximum atomic E-state index is 7.12. The molecule has 4 fully saturated rings. The van der Waals surface area contributed by atoms with Crippen LogP contribution in [0.2, 0.25) is 0 Å². The molecule has 56 heavy (non-hydrogen) atoms. The Bertz CT molecular complexity index is 2400. The van der Waals surface area contributed by atoms with Gasteiger partial charge in [0.1, 0.15) is 0 Å². The summed E-state index contributed by atoms with van der Waals surface area (Å²) in [6.07, 6.45) is 8.38. The van der Waals surface area contributed by atoms with Gasteiger partial charge >= 0.3 is 0 Å². The van der Waals surface area contributed by atoms with E-state index in [9.17, 15) is 0 Å². The van der Waals surface area contributed by atoms with Gasteiger partial charge in [-0.1, -0.05) is 133 Å². The number of hydrogen-bond acceptors (Lipinski definition) is 4. The minimum Gasteiger partial charge on any atom is -0.374 e. The summed E-state index contributed by atoms with van der Waals surface area (Å²) in [5.41, 5.74) is 10.2. The number of ether oxygens (including phenoxy) is 1. The Morgan fingerprint density at radius 1 is 0.464 bits per heavy atom. The fourth-order valence-electron chi connectivity index (χ4n) is 11.0. The van der Waals surface area contributed by atoms with E-state index in [1.807, 2.05) is 0 Å². The average Bonchev–Trinajstić information content (AvgIpc) is 3.81. The minimum absolute atomic E-state index is 0.0892. The smallest absolute Gasteiger partial charge is 0.0862 e. The Morgan fingerprint density at radius 2 is 1.07 bits per heavy atom. The number of nitrogens with zero attached hydrogens (tertiary/aromatic N) is 1. The molecule has 2 aliphatic heterocycles. The summed E-state index contributed by atoms with van der Waals surface area (Å²) in [6.45, 7) is 0. The van der Waals surface area contributed by atoms with Crippen molar-refractivity contribution in [1.82, 2.24) is 20.5 Å². The van der Waals surface area contributed by atoms with Crippen molar-refractivity contribution < 1.29 is 4.74 Å². The molecule has 5 nitrogen and oxygen atoms in total. The standard InChI is InChI=1S/C51H50N4O/c1-4-12-33(13-5-1)37-22-27-42-41-18-10-11-19-45(41)55(46(42)30-37)40-25-20-34(21-26-40)38-23-28-43-44-29-24-39(32-48(44)56-47(43)31-38)51-53-49(35-14-6-2-7-15-35)52-50(54-51)36-16-8-3-9-17-36/h1-22,25-27,30,38-39,43-44,47-54H,23-24,28-29,31-32H2. The molecule has 4 aliphatic rings. The van der Waals surface area contributed by atoms with Crippen LogP contribution in [0.4, 0.5) is 0 Å². The first kappa shape index (κ1) is 34.2. The van der Waals surface area contributed by atoms with Crippen molar-refractivity contribution in [1.29, 1.82) is 0 Å². The lowest BCUT2D eigenvalue weighted by Crippen LogP contribution is -2.62. The first-order valence-corrected chi connectivity index (χ1v) is 21.0. The van der Waals surface area contributed by atoms with Gasteiger partial charge in [-0.2, -0.15) is 0 Å². The van der Waals surface area contributed by atoms with Crippen LogP contribution >= 0.6 is 0 Å². The van der Waals surface area contributed by atoms with Gasteiger partial charge in [-0.3, -0.25) is 16.0 Å². The molecule has 8 atom stereocenters. The number of fused-ring (bicyclic) bond motifs is 6. The molecule has 11 rings (SSSR count). The number of nitrogens with one attached hydrogen (secondary N) is 3. The second-order valence-electron chi connectivity index (χ2n) is 16.8. The number of benzene rings is 6. The third-order valence-corrected chi connectivity index (χ3v) is 13.8. The van der Waals surface area contributed by atoms with Crippen molar-refractivity contribution in [2.45, 2.75) is 75.1 Å². The van der Waals surface area contributed by atoms with E-state index in [0.717, 1.165) is 12.8 Å². The summed E-state index contributed by atoms with van der Waals surface area (Å²) in [7, 11) is 0. The van der Waals surface area contributed by atoms with Gasteiger partial charge in [0.05, 0.1) is 41.7 Å². The van der Waals surface area contributed by atoms with Gasteiger partial charge in [-0.25, -0.2) is 0 Å². The molecule has 2 aliphatic carbocycles. The maximum absolute atomic E-state index is 7.12. The summed E-state index contributed by atoms with van der Waals surface area (Å²) < 4.78 is 9.57. The molecule has 2 saturated heterocycles. The molecular weight excluding hydrogens is 685 g/mol. The van der Waals surface area contributed by atoms with E-state index in [0.29, 0.717) is 35.9 Å². The van der Waals surface area contributed by atoms with E-state index in [1.165, 1.54) is 81.0 Å². The van der Waals surface area contributed by atoms with Crippen molar-refractivity contribution in [2.24, 2.45) is 17.8 Å². The molecule has 0 bridgehead atoms. The highest BCUT2D eigenvalue weighted by Crippen LogP contribution is 2.52. The Balaban J connectivity index is 0.804. The molecular formula is C51H50N4O. The van der Waals surface area contributed by atoms with Crippen LogP contribution in [0.1, 0.15) is 73.5 Å². The van der Waals surface area contributed by atoms with Crippen LogP contribution in [0.5, 0.6) is 0 Å². The molecule has 0 radical (unpaired) electrons. The van der Waals surface area contributed by atoms with Gasteiger partial charge in [0.15, 0.2) is 0 Å². The second-order valence-corrected chi connectivity index (χ2v) is 16.8. The summed E-state index contributed by atoms with van der Waals surface area (Å²) >= 11 is 0. The van der Waals surface area contributed by atoms with Gasteiger partial charge in [0, 0.05) is 16.5 Å². The van der Waals surface area contributed by atoms with E-state index in [-0.39, 0.29) is 18.5 Å². The Morgan fingerprint density at radius 3 is 1.79 bits per heavy atom. The molecule has 0 amide bonds. The largest absolute Gasteiger partial charge is 0.374 e. The number of hydrogen-bond donors (Lipinski definition) is 3. The number of para-hydroxylation sites is 1. The molecule has 8 unspecified atom stereocenters. The summed E-state index contributed by atoms with van der Waals surface area (Å²) in [6, 6.07) is 57.7. The molecule has 1 aromatic heterocycles. The average molecular weight is 735 g/mol. The lowest BCUT2D eigenvalue weighted by Gasteiger charge is -2.45. The van der Waals surface area contributed by atoms with E-state index >= 15 is 0 Å². The van der Waals surface area contributed by atoms with Crippen molar-refractivity contribution in [2.75, 3.05) is 0 Å². The molecule has 5 heteroatoms. The van der Waals surface area contributed by atoms with Crippen LogP contribution in [-0.2, 0) is 4.74 Å². The Hall–Kier alpha value is -5.04. The van der Waals surface area contributed by atoms with Gasteiger partial charge < -0.3 is 9.30 Å². The van der Waals surface area contributed by atoms with E-state index in [1.54, 1.807) is 0 Å². The van der Waals surface area contributed by atoms with Gasteiger partial charge in [-0.05, 0) is 114 Å². The summed E-state index contributed by atoms with van der Waals surface area (Å²) in [4.78, 5) is 0. The topological polar surface area (TPSA) is 50.2 Å². The van der Waals surface area contributed by atoms with Crippen LogP contribution in [0.3, 0.4) is 0 Å². The molecule has 7 aromatic rings. The van der Waals surface area contributed by atoms with Crippen LogP contribution < -0.4 is 16.0 Å². The van der Waals surface area contributed by atoms with Crippen LogP contribution in [0.15, 0.2) is 158 Å². The Labute approximate surface area is 330 Å². The zero-order chi connectivity index (χ0) is 37.0. The van der Waals surface area contributed by atoms with Gasteiger partial charge in [-0.15, -0.1) is 0 Å². The lowest BCUT2D eigenvalue weighted by atomic mass is 9.68. The van der Waals surface area contributed by atoms with Crippen LogP contribution in [0, 0.1) is 17.8 Å². The zero-order valence-electron chi connectivity index (χ0n) is 31.8. The van der Waals surface area contributed by atoms with Gasteiger partial charge in [0.25, 0.3) is 0 Å². The van der Waals surface area contributed by atoms with Crippen LogP contribution in [-0.4, -0.2) is 22.9 Å². The summed E-state index contributed by atoms with van der Waals surface area (Å²) in [5.74, 6) is 2.43. The lowest BCUT2D eigenvalue weighted by molar-refractivity contribution is -0.0172. The van der Waals surface area contributed by atoms with Crippen molar-refractivity contribution >= 4 is 21.8 Å². The quantitative estimate of drug-likeness (QED) is 0.159. The zero-order valence-corrected chi connectivity index (χ0v) is 31.8. The first-order chi connectivity index (χ1) is 27.7. The van der Waals surface area contributed by atoms with E-state index in [4.69, 9.17) is 4.74 Å². The summed E-state index contributed by atoms with van der Waals surface area (Å²) in [5, 5.41) is 14.4. The highest BCUT2D eigenvalue weighted by Gasteiger charge is 2.50. The SMILES string of the molecule is c1ccc(-c2ccc3c4ccccc4n(-c4ccc(C5CCC6C(C5)OC5CC(C7NC(c8ccccc8)NC(c8ccccc8)N7)CCC56)cc4)c3c2)cc1. The van der Waals surface area contributed by atoms with Crippen molar-refractivity contribution in [3.63, 3.8) is 0 Å². The third kappa shape index (κ3) is 6.18. The third-order valence-electron chi connectivity index (χ3n) is 13.8. The molecule has 280 valence electrons. The highest BCUT2D eigenvalue weighted by molar-refractivity contribution is 6.10. The minimum atomic E-state index is 0.0892. The monoisotopic (exact) mass is 734 g/mol. The van der Waals surface area contributed by atoms with Crippen molar-refractivity contribution in [3.05, 3.63) is 174 Å². The number of rotatable bonds is 6. The molecule has 3 N–H and O–H groups in total. The van der Waals surface area contributed by atoms with E-state index in [2.05, 4.69) is 178 Å². The maximum Gasteiger partial charge on any atom is 0.0862 e. The highest BCUT2D eigenvalue weighted by atomic mass is 16.5. The normalized spacial score (nSPS) is 28.9. The molecule has 6 aromatic carbocycles. The van der Waals surface area contributed by atoms with Crippen molar-refractivity contribution in [3.8, 4) is 16.8 Å². The van der Waals surface area contributed by atoms with Gasteiger partial charge in [0.2, 0.25) is 0 Å². The predicted molar refractivity (Wildman–Crippen MR) is 227 cm³/mol. The molecule has 2 saturated carbocycles. The molecule has 3 heterocycles. The first-order valence-electron chi connectivity index (χ1n) is 21.0. The second kappa shape index (κ2) is 14.5. The fourth-order valence-corrected chi connectivity index (χ4v) is 11.0. The van der Waals surface area contributed by atoms with E-state index < -0.39 is 0 Å². The predicted octanol–water partition coefficient (Wildman–Crippen LogP) is 11.0.